The first kappa shape index (κ1) is 17.5. The summed E-state index contributed by atoms with van der Waals surface area (Å²) in [6.45, 7) is 0.172. The lowest BCUT2D eigenvalue weighted by Crippen LogP contribution is -2.45. The summed E-state index contributed by atoms with van der Waals surface area (Å²) in [5.74, 6) is -0.306. The minimum atomic E-state index is -0.385. The molecule has 6 heteroatoms. The number of fused-ring (bicyclic) bond motifs is 2. The van der Waals surface area contributed by atoms with Gasteiger partial charge in [-0.05, 0) is 43.5 Å². The number of nitrogens with zero attached hydrogens (tertiary/aromatic N) is 2. The van der Waals surface area contributed by atoms with Crippen LogP contribution in [0.25, 0.3) is 0 Å². The maximum absolute atomic E-state index is 14.1. The second-order valence-electron chi connectivity index (χ2n) is 7.16. The first-order valence-corrected chi connectivity index (χ1v) is 9.97. The fraction of sp³-hybridized carbons (Fsp3) is 0.450. The van der Waals surface area contributed by atoms with Crippen LogP contribution in [-0.4, -0.2) is 36.2 Å². The van der Waals surface area contributed by atoms with Gasteiger partial charge in [0, 0.05) is 30.5 Å². The molecule has 1 aromatic heterocycles. The van der Waals surface area contributed by atoms with Gasteiger partial charge in [-0.1, -0.05) is 18.2 Å². The van der Waals surface area contributed by atoms with E-state index in [1.54, 1.807) is 23.1 Å². The quantitative estimate of drug-likeness (QED) is 0.781. The SMILES string of the molecule is CN1C2CCC1CC(OC(=O)N(Cc1ccccc1F)c1cccs1)C2. The number of hydrogen-bond acceptors (Lipinski definition) is 4. The van der Waals surface area contributed by atoms with Crippen molar-refractivity contribution in [2.75, 3.05) is 11.9 Å². The Morgan fingerprint density at radius 3 is 2.62 bits per heavy atom. The van der Waals surface area contributed by atoms with Gasteiger partial charge < -0.3 is 9.64 Å². The van der Waals surface area contributed by atoms with Crippen LogP contribution in [0.4, 0.5) is 14.2 Å². The number of rotatable bonds is 4. The Balaban J connectivity index is 1.49. The molecule has 2 fully saturated rings. The Morgan fingerprint density at radius 2 is 1.96 bits per heavy atom. The van der Waals surface area contributed by atoms with E-state index in [1.165, 1.54) is 30.2 Å². The molecule has 1 aromatic carbocycles. The number of carbonyl (C=O) groups excluding carboxylic acids is 1. The van der Waals surface area contributed by atoms with Gasteiger partial charge >= 0.3 is 6.09 Å². The maximum Gasteiger partial charge on any atom is 0.415 e. The highest BCUT2D eigenvalue weighted by molar-refractivity contribution is 7.14. The second-order valence-corrected chi connectivity index (χ2v) is 8.08. The smallest absolute Gasteiger partial charge is 0.415 e. The summed E-state index contributed by atoms with van der Waals surface area (Å²) in [5.41, 5.74) is 0.487. The Bertz CT molecular complexity index is 753. The molecule has 2 bridgehead atoms. The van der Waals surface area contributed by atoms with Gasteiger partial charge in [-0.15, -0.1) is 11.3 Å². The van der Waals surface area contributed by atoms with E-state index in [0.29, 0.717) is 17.6 Å². The average Bonchev–Trinajstić information content (AvgIpc) is 3.21. The molecule has 1 amide bonds. The van der Waals surface area contributed by atoms with Gasteiger partial charge in [0.15, 0.2) is 0 Å². The van der Waals surface area contributed by atoms with Crippen molar-refractivity contribution >= 4 is 22.4 Å². The average molecular weight is 374 g/mol. The van der Waals surface area contributed by atoms with Crippen molar-refractivity contribution in [2.24, 2.45) is 0 Å². The lowest BCUT2D eigenvalue weighted by Gasteiger charge is -2.36. The number of halogens is 1. The van der Waals surface area contributed by atoms with Gasteiger partial charge in [0.1, 0.15) is 16.9 Å². The highest BCUT2D eigenvalue weighted by Gasteiger charge is 2.40. The van der Waals surface area contributed by atoms with E-state index in [1.807, 2.05) is 17.5 Å². The van der Waals surface area contributed by atoms with Crippen LogP contribution in [0, 0.1) is 5.82 Å². The van der Waals surface area contributed by atoms with Gasteiger partial charge in [0.05, 0.1) is 6.54 Å². The molecule has 4 rings (SSSR count). The second kappa shape index (κ2) is 7.37. The van der Waals surface area contributed by atoms with Crippen LogP contribution in [0.1, 0.15) is 31.2 Å². The molecule has 2 saturated heterocycles. The topological polar surface area (TPSA) is 32.8 Å². The van der Waals surface area contributed by atoms with Gasteiger partial charge in [0.2, 0.25) is 0 Å². The largest absolute Gasteiger partial charge is 0.446 e. The Hall–Kier alpha value is -1.92. The fourth-order valence-electron chi connectivity index (χ4n) is 4.12. The molecule has 0 spiro atoms. The maximum atomic E-state index is 14.1. The summed E-state index contributed by atoms with van der Waals surface area (Å²) in [6.07, 6.45) is 3.69. The highest BCUT2D eigenvalue weighted by Crippen LogP contribution is 2.36. The van der Waals surface area contributed by atoms with Crippen molar-refractivity contribution < 1.29 is 13.9 Å². The Kier molecular flexibility index (Phi) is 4.96. The molecule has 2 atom stereocenters. The van der Waals surface area contributed by atoms with E-state index < -0.39 is 0 Å². The third kappa shape index (κ3) is 3.48. The summed E-state index contributed by atoms with van der Waals surface area (Å²) in [7, 11) is 2.16. The predicted molar refractivity (Wildman–Crippen MR) is 101 cm³/mol. The van der Waals surface area contributed by atoms with E-state index in [2.05, 4.69) is 11.9 Å². The molecule has 2 aliphatic heterocycles. The zero-order chi connectivity index (χ0) is 18.1. The molecular formula is C20H23FN2O2S. The van der Waals surface area contributed by atoms with Crippen LogP contribution in [0.5, 0.6) is 0 Å². The van der Waals surface area contributed by atoms with E-state index in [-0.39, 0.29) is 24.6 Å². The number of thiophene rings is 1. The molecule has 3 heterocycles. The summed E-state index contributed by atoms with van der Waals surface area (Å²) < 4.78 is 19.9. The molecule has 0 aliphatic carbocycles. The third-order valence-electron chi connectivity index (χ3n) is 5.60. The van der Waals surface area contributed by atoms with Crippen LogP contribution in [-0.2, 0) is 11.3 Å². The molecular weight excluding hydrogens is 351 g/mol. The number of anilines is 1. The number of amides is 1. The number of carbonyl (C=O) groups is 1. The van der Waals surface area contributed by atoms with Crippen LogP contribution in [0.15, 0.2) is 41.8 Å². The number of piperidine rings is 1. The summed E-state index contributed by atoms with van der Waals surface area (Å²) >= 11 is 1.45. The lowest BCUT2D eigenvalue weighted by atomic mass is 10.0. The Morgan fingerprint density at radius 1 is 1.23 bits per heavy atom. The first-order valence-electron chi connectivity index (χ1n) is 9.09. The summed E-state index contributed by atoms with van der Waals surface area (Å²) in [5, 5.41) is 2.68. The van der Waals surface area contributed by atoms with Crippen LogP contribution in [0.2, 0.25) is 0 Å². The van der Waals surface area contributed by atoms with Gasteiger partial charge in [0.25, 0.3) is 0 Å². The molecule has 138 valence electrons. The zero-order valence-electron chi connectivity index (χ0n) is 14.8. The first-order chi connectivity index (χ1) is 12.6. The van der Waals surface area contributed by atoms with Crippen molar-refractivity contribution in [3.05, 3.63) is 53.2 Å². The molecule has 26 heavy (non-hydrogen) atoms. The van der Waals surface area contributed by atoms with Crippen molar-refractivity contribution in [1.82, 2.24) is 4.90 Å². The van der Waals surface area contributed by atoms with Gasteiger partial charge in [-0.3, -0.25) is 4.90 Å². The summed E-state index contributed by atoms with van der Waals surface area (Å²) in [6, 6.07) is 11.3. The molecule has 4 nitrogen and oxygen atoms in total. The van der Waals surface area contributed by atoms with E-state index in [9.17, 15) is 9.18 Å². The molecule has 0 radical (unpaired) electrons. The standard InChI is InChI=1S/C20H23FN2O2S/c1-22-15-8-9-16(22)12-17(11-15)25-20(24)23(19-7-4-10-26-19)13-14-5-2-3-6-18(14)21/h2-7,10,15-17H,8-9,11-13H2,1H3. The van der Waals surface area contributed by atoms with E-state index in [0.717, 1.165) is 17.8 Å². The highest BCUT2D eigenvalue weighted by atomic mass is 32.1. The lowest BCUT2D eigenvalue weighted by molar-refractivity contribution is 0.0315. The van der Waals surface area contributed by atoms with Crippen LogP contribution >= 0.6 is 11.3 Å². The number of benzene rings is 1. The monoisotopic (exact) mass is 374 g/mol. The molecule has 2 aliphatic rings. The minimum absolute atomic E-state index is 0.0562. The Labute approximate surface area is 157 Å². The zero-order valence-corrected chi connectivity index (χ0v) is 15.6. The minimum Gasteiger partial charge on any atom is -0.446 e. The number of hydrogen-bond donors (Lipinski definition) is 0. The fourth-order valence-corrected chi connectivity index (χ4v) is 4.84. The van der Waals surface area contributed by atoms with Crippen LogP contribution < -0.4 is 4.90 Å². The van der Waals surface area contributed by atoms with Crippen molar-refractivity contribution in [3.63, 3.8) is 0 Å². The van der Waals surface area contributed by atoms with E-state index >= 15 is 0 Å². The summed E-state index contributed by atoms with van der Waals surface area (Å²) in [4.78, 5) is 16.9. The van der Waals surface area contributed by atoms with Gasteiger partial charge in [-0.25, -0.2) is 9.18 Å². The predicted octanol–water partition coefficient (Wildman–Crippen LogP) is 4.66. The molecule has 2 unspecified atom stereocenters. The molecule has 2 aromatic rings. The normalized spacial score (nSPS) is 25.2. The van der Waals surface area contributed by atoms with E-state index in [4.69, 9.17) is 4.74 Å². The molecule has 0 saturated carbocycles. The van der Waals surface area contributed by atoms with Crippen molar-refractivity contribution in [1.29, 1.82) is 0 Å². The van der Waals surface area contributed by atoms with Gasteiger partial charge in [-0.2, -0.15) is 0 Å². The number of ether oxygens (including phenoxy) is 1. The van der Waals surface area contributed by atoms with Crippen molar-refractivity contribution in [3.8, 4) is 0 Å². The van der Waals surface area contributed by atoms with Crippen molar-refractivity contribution in [2.45, 2.75) is 50.4 Å². The molecule has 0 N–H and O–H groups in total. The van der Waals surface area contributed by atoms with Crippen LogP contribution in [0.3, 0.4) is 0 Å². The third-order valence-corrected chi connectivity index (χ3v) is 6.49.